The highest BCUT2D eigenvalue weighted by Crippen LogP contribution is 2.37. The van der Waals surface area contributed by atoms with Crippen molar-refractivity contribution in [1.29, 1.82) is 0 Å². The van der Waals surface area contributed by atoms with Crippen molar-refractivity contribution in [3.63, 3.8) is 0 Å². The molecule has 0 bridgehead atoms. The van der Waals surface area contributed by atoms with E-state index in [1.807, 2.05) is 66.3 Å². The summed E-state index contributed by atoms with van der Waals surface area (Å²) in [7, 11) is 0. The van der Waals surface area contributed by atoms with Crippen molar-refractivity contribution < 1.29 is 29.1 Å². The molecule has 1 saturated carbocycles. The van der Waals surface area contributed by atoms with Crippen molar-refractivity contribution in [3.8, 4) is 0 Å². The second-order valence-electron chi connectivity index (χ2n) is 18.6. The number of hydrogen-bond acceptors (Lipinski definition) is 7. The van der Waals surface area contributed by atoms with Gasteiger partial charge in [0.25, 0.3) is 11.8 Å². The number of aliphatic carboxylic acids is 1. The normalized spacial score (nSPS) is 17.7. The Balaban J connectivity index is 0.966. The number of aryl methyl sites for hydroxylation is 1. The van der Waals surface area contributed by atoms with Gasteiger partial charge in [0.15, 0.2) is 0 Å². The molecule has 1 aromatic heterocycles. The van der Waals surface area contributed by atoms with E-state index < -0.39 is 16.9 Å². The minimum absolute atomic E-state index is 0.0202. The summed E-state index contributed by atoms with van der Waals surface area (Å²) < 4.78 is 0. The molecule has 370 valence electrons. The molecule has 71 heavy (non-hydrogen) atoms. The van der Waals surface area contributed by atoms with Gasteiger partial charge in [-0.05, 0) is 162 Å². The van der Waals surface area contributed by atoms with Gasteiger partial charge in [-0.2, -0.15) is 0 Å². The van der Waals surface area contributed by atoms with Crippen LogP contribution in [0.1, 0.15) is 139 Å². The Labute approximate surface area is 425 Å². The Bertz CT molecular complexity index is 2710. The lowest BCUT2D eigenvalue weighted by Gasteiger charge is -2.36. The number of amides is 6. The molecule has 2 aliphatic carbocycles. The van der Waals surface area contributed by atoms with Crippen molar-refractivity contribution in [2.75, 3.05) is 21.7 Å². The summed E-state index contributed by atoms with van der Waals surface area (Å²) in [5, 5.41) is 25.5. The summed E-state index contributed by atoms with van der Waals surface area (Å²) in [6, 6.07) is 32.2. The van der Waals surface area contributed by atoms with Crippen LogP contribution < -0.4 is 31.1 Å². The number of carbonyl (C=O) groups excluding carboxylic acids is 4. The largest absolute Gasteiger partial charge is 0.481 e. The van der Waals surface area contributed by atoms with Crippen LogP contribution in [0, 0.1) is 0 Å². The highest BCUT2D eigenvalue weighted by Gasteiger charge is 2.42. The van der Waals surface area contributed by atoms with Gasteiger partial charge in [-0.1, -0.05) is 87.7 Å². The van der Waals surface area contributed by atoms with E-state index in [-0.39, 0.29) is 49.9 Å². The number of nitrogens with zero attached hydrogens (tertiary/aromatic N) is 2. The second-order valence-corrected chi connectivity index (χ2v) is 20.5. The van der Waals surface area contributed by atoms with E-state index in [4.69, 9.17) is 5.11 Å². The van der Waals surface area contributed by atoms with Gasteiger partial charge in [0, 0.05) is 29.0 Å². The second kappa shape index (κ2) is 24.0. The molecule has 12 nitrogen and oxygen atoms in total. The van der Waals surface area contributed by atoms with E-state index in [2.05, 4.69) is 58.5 Å². The highest BCUT2D eigenvalue weighted by atomic mass is 32.2. The number of carboxylic acids is 1. The molecule has 3 aliphatic rings. The Morgan fingerprint density at radius 1 is 0.718 bits per heavy atom. The first-order chi connectivity index (χ1) is 34.5. The van der Waals surface area contributed by atoms with E-state index in [1.54, 1.807) is 46.2 Å². The van der Waals surface area contributed by atoms with Crippen molar-refractivity contribution in [2.45, 2.75) is 121 Å². The third-order valence-electron chi connectivity index (χ3n) is 13.9. The number of anilines is 3. The minimum atomic E-state index is -0.992. The molecular formula is C57H64N6O6S2. The molecule has 5 aromatic rings. The van der Waals surface area contributed by atoms with Gasteiger partial charge >= 0.3 is 18.0 Å². The third-order valence-corrected chi connectivity index (χ3v) is 15.9. The predicted molar refractivity (Wildman–Crippen MR) is 287 cm³/mol. The first-order valence-corrected chi connectivity index (χ1v) is 26.8. The molecule has 4 aromatic carbocycles. The molecule has 0 spiro atoms. The van der Waals surface area contributed by atoms with E-state index in [9.17, 15) is 24.0 Å². The number of allylic oxidation sites excluding steroid dienone is 2. The number of carboxylic acid groups (broad SMARTS) is 1. The summed E-state index contributed by atoms with van der Waals surface area (Å²) in [5.74, 6) is -1.16. The van der Waals surface area contributed by atoms with Gasteiger partial charge in [-0.3, -0.25) is 29.5 Å². The van der Waals surface area contributed by atoms with E-state index in [0.29, 0.717) is 29.2 Å². The summed E-state index contributed by atoms with van der Waals surface area (Å²) in [4.78, 5) is 69.9. The van der Waals surface area contributed by atoms with Crippen LogP contribution in [0.5, 0.6) is 0 Å². The number of rotatable bonds is 18. The fourth-order valence-electron chi connectivity index (χ4n) is 9.62. The van der Waals surface area contributed by atoms with Crippen molar-refractivity contribution in [1.82, 2.24) is 16.0 Å². The van der Waals surface area contributed by atoms with Crippen LogP contribution in [-0.4, -0.2) is 52.4 Å². The van der Waals surface area contributed by atoms with E-state index in [1.165, 1.54) is 71.9 Å². The Hall–Kier alpha value is -6.64. The zero-order valence-electron chi connectivity index (χ0n) is 40.6. The summed E-state index contributed by atoms with van der Waals surface area (Å²) >= 11 is 2.94. The van der Waals surface area contributed by atoms with Gasteiger partial charge in [0.05, 0.1) is 30.1 Å². The number of thiophene rings is 1. The minimum Gasteiger partial charge on any atom is -0.481 e. The van der Waals surface area contributed by atoms with E-state index >= 15 is 0 Å². The predicted octanol–water partition coefficient (Wildman–Crippen LogP) is 12.6. The van der Waals surface area contributed by atoms with Crippen LogP contribution in [0.4, 0.5) is 26.0 Å². The zero-order chi connectivity index (χ0) is 49.7. The van der Waals surface area contributed by atoms with Crippen molar-refractivity contribution in [3.05, 3.63) is 165 Å². The highest BCUT2D eigenvalue weighted by molar-refractivity contribution is 8.03. The van der Waals surface area contributed by atoms with Crippen LogP contribution in [0.3, 0.4) is 0 Å². The van der Waals surface area contributed by atoms with Gasteiger partial charge < -0.3 is 21.1 Å². The Kier molecular flexibility index (Phi) is 17.1. The fraction of sp³-hybridized carbons (Fsp3) is 0.351. The maximum Gasteiger partial charge on any atom is 0.327 e. The lowest BCUT2D eigenvalue weighted by atomic mass is 9.84. The molecule has 5 N–H and O–H groups in total. The molecule has 14 heteroatoms. The molecule has 8 rings (SSSR count). The average Bonchev–Trinajstić information content (AvgIpc) is 4.03. The van der Waals surface area contributed by atoms with Crippen LogP contribution in [0.15, 0.2) is 126 Å². The average molecular weight is 993 g/mol. The lowest BCUT2D eigenvalue weighted by molar-refractivity contribution is -0.136. The lowest BCUT2D eigenvalue weighted by Crippen LogP contribution is -2.59. The number of carbonyl (C=O) groups is 5. The molecule has 2 atom stereocenters. The molecule has 6 amide bonds. The van der Waals surface area contributed by atoms with Gasteiger partial charge in [-0.25, -0.2) is 9.59 Å². The first-order valence-electron chi connectivity index (χ1n) is 25.0. The van der Waals surface area contributed by atoms with Crippen LogP contribution in [0.2, 0.25) is 0 Å². The standard InChI is InChI=1S/C57H64N6O6S2/c1-3-41-32-35-70-53(41)59-55(68)62(48-27-23-44(24-28-48)42-11-7-5-8-12-42)37-40-17-21-47(22-18-40)52(67)61-57(4-2)33-36-71-54(57)60-56(69)63(49-29-25-45(26-30-49)43-13-9-6-10-14-43)38-39-15-19-46(20-16-39)51(66)58-34-31-50(64)65/h11,15-30,32-33,35-36,43,54H,3-10,12-14,31,34,37-38H2,1-2H3,(H,58,66)(H,59,68)(H,60,69)(H,61,67)(H,64,65). The summed E-state index contributed by atoms with van der Waals surface area (Å²) in [5.41, 5.74) is 7.93. The number of hydrogen-bond donors (Lipinski definition) is 5. The SMILES string of the molecule is CCc1ccsc1NC(=O)N(Cc1ccc(C(=O)NC2(CC)C=CSC2NC(=O)N(Cc2ccc(C(=O)NCCC(=O)O)cc2)c2ccc(C3CCCCC3)cc2)cc1)c1ccc(C2=CCCCC2)cc1. The Morgan fingerprint density at radius 3 is 1.96 bits per heavy atom. The van der Waals surface area contributed by atoms with Crippen LogP contribution >= 0.6 is 23.1 Å². The topological polar surface area (TPSA) is 160 Å². The number of thioether (sulfide) groups is 1. The number of urea groups is 2. The first kappa shape index (κ1) is 50.7. The molecule has 2 heterocycles. The fourth-order valence-corrected chi connectivity index (χ4v) is 11.7. The quantitative estimate of drug-likeness (QED) is 0.0584. The maximum atomic E-state index is 14.6. The smallest absolute Gasteiger partial charge is 0.327 e. The Morgan fingerprint density at radius 2 is 1.35 bits per heavy atom. The van der Waals surface area contributed by atoms with Crippen LogP contribution in [-0.2, 0) is 24.3 Å². The molecule has 0 saturated heterocycles. The molecule has 2 unspecified atom stereocenters. The monoisotopic (exact) mass is 992 g/mol. The molecule has 1 aliphatic heterocycles. The van der Waals surface area contributed by atoms with Gasteiger partial charge in [-0.15, -0.1) is 23.1 Å². The van der Waals surface area contributed by atoms with Crippen molar-refractivity contribution >= 4 is 74.9 Å². The summed E-state index contributed by atoms with van der Waals surface area (Å²) in [6.45, 7) is 4.56. The molecular weight excluding hydrogens is 929 g/mol. The molecule has 0 radical (unpaired) electrons. The van der Waals surface area contributed by atoms with Crippen LogP contribution in [0.25, 0.3) is 5.57 Å². The number of benzene rings is 4. The number of nitrogens with one attached hydrogen (secondary N) is 4. The van der Waals surface area contributed by atoms with Gasteiger partial charge in [0.2, 0.25) is 0 Å². The molecule has 1 fully saturated rings. The van der Waals surface area contributed by atoms with E-state index in [0.717, 1.165) is 59.5 Å². The third kappa shape index (κ3) is 12.8. The van der Waals surface area contributed by atoms with Crippen molar-refractivity contribution in [2.24, 2.45) is 0 Å². The maximum absolute atomic E-state index is 14.6. The zero-order valence-corrected chi connectivity index (χ0v) is 42.2. The van der Waals surface area contributed by atoms with Gasteiger partial charge in [0.1, 0.15) is 5.37 Å². The summed E-state index contributed by atoms with van der Waals surface area (Å²) in [6.07, 6.45) is 15.9.